The maximum absolute atomic E-state index is 10.5. The standard InChI is InChI=1S/C9H16N4O3/c1-11-4-2-5-12(8-3-6-16-7-8)9(11)10-13(14)15/h8H,2-7H2,1H3. The monoisotopic (exact) mass is 228 g/mol. The third kappa shape index (κ3) is 2.24. The molecule has 2 saturated heterocycles. The van der Waals surface area contributed by atoms with E-state index in [0.717, 1.165) is 32.5 Å². The van der Waals surface area contributed by atoms with E-state index in [0.29, 0.717) is 12.6 Å². The first-order valence-corrected chi connectivity index (χ1v) is 5.47. The number of ether oxygens (including phenoxy) is 1. The Bertz CT molecular complexity index is 301. The molecule has 0 aromatic rings. The van der Waals surface area contributed by atoms with Crippen LogP contribution < -0.4 is 0 Å². The molecule has 0 aromatic carbocycles. The highest BCUT2D eigenvalue weighted by atomic mass is 16.7. The van der Waals surface area contributed by atoms with Gasteiger partial charge in [0.2, 0.25) is 0 Å². The van der Waals surface area contributed by atoms with E-state index in [2.05, 4.69) is 5.10 Å². The van der Waals surface area contributed by atoms with Gasteiger partial charge >= 0.3 is 0 Å². The van der Waals surface area contributed by atoms with Crippen LogP contribution in [0.25, 0.3) is 0 Å². The maximum Gasteiger partial charge on any atom is 0.274 e. The Balaban J connectivity index is 2.16. The van der Waals surface area contributed by atoms with Crippen molar-refractivity contribution in [1.82, 2.24) is 9.80 Å². The summed E-state index contributed by atoms with van der Waals surface area (Å²) in [6.07, 6.45) is 1.92. The molecule has 0 aliphatic carbocycles. The van der Waals surface area contributed by atoms with E-state index in [1.165, 1.54) is 0 Å². The lowest BCUT2D eigenvalue weighted by molar-refractivity contribution is -0.486. The summed E-state index contributed by atoms with van der Waals surface area (Å²) in [4.78, 5) is 14.3. The van der Waals surface area contributed by atoms with Crippen molar-refractivity contribution in [3.63, 3.8) is 0 Å². The summed E-state index contributed by atoms with van der Waals surface area (Å²) in [5.41, 5.74) is 0. The van der Waals surface area contributed by atoms with Gasteiger partial charge in [-0.1, -0.05) is 0 Å². The molecule has 90 valence electrons. The molecule has 0 aromatic heterocycles. The highest BCUT2D eigenvalue weighted by Gasteiger charge is 2.32. The second-order valence-electron chi connectivity index (χ2n) is 4.12. The minimum Gasteiger partial charge on any atom is -0.379 e. The van der Waals surface area contributed by atoms with Crippen molar-refractivity contribution in [3.8, 4) is 0 Å². The second kappa shape index (κ2) is 4.65. The predicted molar refractivity (Wildman–Crippen MR) is 57.6 cm³/mol. The van der Waals surface area contributed by atoms with Crippen molar-refractivity contribution in [2.24, 2.45) is 5.10 Å². The molecule has 1 atom stereocenters. The molecule has 0 N–H and O–H groups in total. The quantitative estimate of drug-likeness (QED) is 0.490. The highest BCUT2D eigenvalue weighted by Crippen LogP contribution is 2.18. The molecular formula is C9H16N4O3. The maximum atomic E-state index is 10.5. The molecule has 0 radical (unpaired) electrons. The van der Waals surface area contributed by atoms with Crippen LogP contribution in [-0.2, 0) is 4.74 Å². The van der Waals surface area contributed by atoms with Gasteiger partial charge in [-0.3, -0.25) is 0 Å². The van der Waals surface area contributed by atoms with Gasteiger partial charge in [0.1, 0.15) is 5.10 Å². The molecule has 7 heteroatoms. The molecule has 16 heavy (non-hydrogen) atoms. The van der Waals surface area contributed by atoms with Gasteiger partial charge in [0.25, 0.3) is 5.96 Å². The predicted octanol–water partition coefficient (Wildman–Crippen LogP) is -0.0395. The van der Waals surface area contributed by atoms with E-state index < -0.39 is 5.03 Å². The van der Waals surface area contributed by atoms with Gasteiger partial charge in [0.05, 0.1) is 12.6 Å². The minimum atomic E-state index is -0.625. The molecule has 0 amide bonds. The van der Waals surface area contributed by atoms with Crippen LogP contribution >= 0.6 is 0 Å². The second-order valence-corrected chi connectivity index (χ2v) is 4.12. The van der Waals surface area contributed by atoms with Gasteiger partial charge in [0.15, 0.2) is 5.03 Å². The summed E-state index contributed by atoms with van der Waals surface area (Å²) in [6, 6.07) is 0.237. The Hall–Kier alpha value is -1.37. The molecule has 2 aliphatic rings. The Kier molecular flexibility index (Phi) is 3.23. The van der Waals surface area contributed by atoms with E-state index >= 15 is 0 Å². The molecule has 2 rings (SSSR count). The summed E-state index contributed by atoms with van der Waals surface area (Å²) < 4.78 is 5.31. The first-order valence-electron chi connectivity index (χ1n) is 5.47. The Morgan fingerprint density at radius 1 is 1.56 bits per heavy atom. The average Bonchev–Trinajstić information content (AvgIpc) is 2.73. The Morgan fingerprint density at radius 2 is 2.38 bits per heavy atom. The summed E-state index contributed by atoms with van der Waals surface area (Å²) in [5.74, 6) is 0.465. The number of nitrogens with zero attached hydrogens (tertiary/aromatic N) is 4. The van der Waals surface area contributed by atoms with Crippen molar-refractivity contribution in [2.45, 2.75) is 18.9 Å². The van der Waals surface area contributed by atoms with Gasteiger partial charge in [-0.2, -0.15) is 0 Å². The van der Waals surface area contributed by atoms with Crippen LogP contribution in [0.15, 0.2) is 5.10 Å². The molecular weight excluding hydrogens is 212 g/mol. The first kappa shape index (κ1) is 11.1. The number of hydrogen-bond donors (Lipinski definition) is 0. The molecule has 0 spiro atoms. The van der Waals surface area contributed by atoms with Gasteiger partial charge in [-0.15, -0.1) is 0 Å². The summed E-state index contributed by atoms with van der Waals surface area (Å²) in [5, 5.41) is 13.4. The Morgan fingerprint density at radius 3 is 3.00 bits per heavy atom. The smallest absolute Gasteiger partial charge is 0.274 e. The van der Waals surface area contributed by atoms with Crippen molar-refractivity contribution in [3.05, 3.63) is 10.1 Å². The zero-order valence-corrected chi connectivity index (χ0v) is 9.33. The van der Waals surface area contributed by atoms with Gasteiger partial charge in [0, 0.05) is 26.7 Å². The normalized spacial score (nSPS) is 28.8. The fourth-order valence-electron chi connectivity index (χ4n) is 2.22. The van der Waals surface area contributed by atoms with E-state index in [9.17, 15) is 10.1 Å². The number of hydrazone groups is 1. The summed E-state index contributed by atoms with van der Waals surface area (Å²) in [6.45, 7) is 3.02. The molecule has 2 aliphatic heterocycles. The molecule has 0 bridgehead atoms. The highest BCUT2D eigenvalue weighted by molar-refractivity contribution is 5.80. The van der Waals surface area contributed by atoms with Crippen molar-refractivity contribution in [2.75, 3.05) is 33.4 Å². The SMILES string of the molecule is CN1CCCN(C2CCOC2)C1=N[N+](=O)[O-]. The van der Waals surface area contributed by atoms with Crippen LogP contribution in [0.5, 0.6) is 0 Å². The summed E-state index contributed by atoms with van der Waals surface area (Å²) in [7, 11) is 1.84. The lowest BCUT2D eigenvalue weighted by Gasteiger charge is -2.38. The van der Waals surface area contributed by atoms with Crippen LogP contribution in [-0.4, -0.2) is 60.2 Å². The van der Waals surface area contributed by atoms with Crippen LogP contribution in [0, 0.1) is 10.1 Å². The zero-order valence-electron chi connectivity index (χ0n) is 9.33. The lowest BCUT2D eigenvalue weighted by atomic mass is 10.2. The lowest BCUT2D eigenvalue weighted by Crippen LogP contribution is -2.53. The number of guanidine groups is 1. The first-order chi connectivity index (χ1) is 7.68. The molecule has 0 saturated carbocycles. The van der Waals surface area contributed by atoms with Crippen molar-refractivity contribution >= 4 is 5.96 Å². The fourth-order valence-corrected chi connectivity index (χ4v) is 2.22. The molecule has 2 heterocycles. The van der Waals surface area contributed by atoms with E-state index in [1.807, 2.05) is 16.8 Å². The minimum absolute atomic E-state index is 0.237. The van der Waals surface area contributed by atoms with Gasteiger partial charge in [-0.05, 0) is 12.8 Å². The molecule has 7 nitrogen and oxygen atoms in total. The van der Waals surface area contributed by atoms with Crippen LogP contribution in [0.3, 0.4) is 0 Å². The molecule has 1 unspecified atom stereocenters. The molecule has 2 fully saturated rings. The van der Waals surface area contributed by atoms with E-state index in [-0.39, 0.29) is 6.04 Å². The van der Waals surface area contributed by atoms with Crippen molar-refractivity contribution in [1.29, 1.82) is 0 Å². The van der Waals surface area contributed by atoms with E-state index in [4.69, 9.17) is 4.74 Å². The third-order valence-electron chi connectivity index (χ3n) is 3.01. The van der Waals surface area contributed by atoms with Crippen molar-refractivity contribution < 1.29 is 9.77 Å². The largest absolute Gasteiger partial charge is 0.379 e. The number of hydrogen-bond acceptors (Lipinski definition) is 3. The van der Waals surface area contributed by atoms with Crippen LogP contribution in [0.4, 0.5) is 0 Å². The van der Waals surface area contributed by atoms with Gasteiger partial charge < -0.3 is 14.5 Å². The van der Waals surface area contributed by atoms with E-state index in [1.54, 1.807) is 0 Å². The summed E-state index contributed by atoms with van der Waals surface area (Å²) >= 11 is 0. The van der Waals surface area contributed by atoms with Crippen LogP contribution in [0.1, 0.15) is 12.8 Å². The zero-order chi connectivity index (χ0) is 11.5. The Labute approximate surface area is 93.8 Å². The average molecular weight is 228 g/mol. The number of rotatable bonds is 2. The third-order valence-corrected chi connectivity index (χ3v) is 3.01. The number of nitro groups is 1. The van der Waals surface area contributed by atoms with Gasteiger partial charge in [-0.25, -0.2) is 10.1 Å². The van der Waals surface area contributed by atoms with Crippen LogP contribution in [0.2, 0.25) is 0 Å². The fraction of sp³-hybridized carbons (Fsp3) is 0.889. The topological polar surface area (TPSA) is 71.2 Å².